The number of hydrogen-bond acceptors (Lipinski definition) is 13. The predicted molar refractivity (Wildman–Crippen MR) is 151 cm³/mol. The summed E-state index contributed by atoms with van der Waals surface area (Å²) in [6, 6.07) is 3.42. The number of alkyl carbamates (subject to hydrolysis) is 1. The first-order chi connectivity index (χ1) is 20.4. The SMILES string of the molecule is COC(=O)[C@H]1O[C@@H](Oc2cc(CCl)ccc2NC(=O)[C@H](C)NC(=O)OC(C)(C)C)[C@H](OC(C)=O)[C@@H](OC(C)=O)[C@@H]1OC(C)=O. The number of carbonyl (C=O) groups is 6. The summed E-state index contributed by atoms with van der Waals surface area (Å²) in [6.45, 7) is 9.59. The summed E-state index contributed by atoms with van der Waals surface area (Å²) in [4.78, 5) is 74.0. The van der Waals surface area contributed by atoms with Crippen LogP contribution < -0.4 is 15.4 Å². The molecular weight excluding hydrogens is 608 g/mol. The minimum atomic E-state index is -1.70. The fourth-order valence-electron chi connectivity index (χ4n) is 3.94. The van der Waals surface area contributed by atoms with Crippen LogP contribution in [0.3, 0.4) is 0 Å². The van der Waals surface area contributed by atoms with Gasteiger partial charge in [-0.05, 0) is 45.4 Å². The number of ether oxygens (including phenoxy) is 7. The van der Waals surface area contributed by atoms with Gasteiger partial charge in [0, 0.05) is 26.7 Å². The van der Waals surface area contributed by atoms with Crippen molar-refractivity contribution in [1.29, 1.82) is 0 Å². The number of benzene rings is 1. The third-order valence-electron chi connectivity index (χ3n) is 5.66. The van der Waals surface area contributed by atoms with Gasteiger partial charge in [0.15, 0.2) is 18.3 Å². The van der Waals surface area contributed by atoms with Crippen molar-refractivity contribution in [3.8, 4) is 5.75 Å². The fourth-order valence-corrected chi connectivity index (χ4v) is 4.11. The minimum absolute atomic E-state index is 0.0233. The van der Waals surface area contributed by atoms with E-state index in [9.17, 15) is 28.8 Å². The summed E-state index contributed by atoms with van der Waals surface area (Å²) in [7, 11) is 1.05. The molecule has 15 nitrogen and oxygen atoms in total. The second-order valence-corrected chi connectivity index (χ2v) is 10.9. The van der Waals surface area contributed by atoms with Crippen LogP contribution in [0.5, 0.6) is 5.75 Å². The number of anilines is 1. The molecule has 2 N–H and O–H groups in total. The molecule has 1 heterocycles. The second-order valence-electron chi connectivity index (χ2n) is 10.6. The van der Waals surface area contributed by atoms with E-state index in [1.54, 1.807) is 26.8 Å². The first-order valence-corrected chi connectivity index (χ1v) is 13.9. The molecule has 0 spiro atoms. The van der Waals surface area contributed by atoms with E-state index in [0.717, 1.165) is 27.9 Å². The molecular formula is C28H37ClN2O13. The van der Waals surface area contributed by atoms with Gasteiger partial charge < -0.3 is 43.8 Å². The lowest BCUT2D eigenvalue weighted by atomic mass is 9.97. The van der Waals surface area contributed by atoms with Crippen LogP contribution in [0.1, 0.15) is 54.0 Å². The number of rotatable bonds is 10. The molecule has 1 aliphatic heterocycles. The third kappa shape index (κ3) is 10.6. The van der Waals surface area contributed by atoms with Crippen LogP contribution >= 0.6 is 11.6 Å². The summed E-state index contributed by atoms with van der Waals surface area (Å²) in [5.41, 5.74) is -0.205. The molecule has 1 aromatic rings. The average molecular weight is 645 g/mol. The zero-order valence-corrected chi connectivity index (χ0v) is 26.3. The summed E-state index contributed by atoms with van der Waals surface area (Å²) in [5.74, 6) is -4.31. The predicted octanol–water partition coefficient (Wildman–Crippen LogP) is 2.35. The van der Waals surface area contributed by atoms with Gasteiger partial charge in [-0.25, -0.2) is 9.59 Å². The quantitative estimate of drug-likeness (QED) is 0.214. The number of nitrogens with one attached hydrogen (secondary N) is 2. The van der Waals surface area contributed by atoms with E-state index < -0.39 is 78.2 Å². The Morgan fingerprint density at radius 3 is 2.02 bits per heavy atom. The monoisotopic (exact) mass is 644 g/mol. The Morgan fingerprint density at radius 1 is 0.932 bits per heavy atom. The first-order valence-electron chi connectivity index (χ1n) is 13.4. The summed E-state index contributed by atoms with van der Waals surface area (Å²) >= 11 is 6.02. The Morgan fingerprint density at radius 2 is 1.50 bits per heavy atom. The van der Waals surface area contributed by atoms with Crippen LogP contribution in [-0.2, 0) is 58.3 Å². The van der Waals surface area contributed by atoms with Gasteiger partial charge in [0.1, 0.15) is 17.4 Å². The molecule has 0 aliphatic carbocycles. The van der Waals surface area contributed by atoms with Gasteiger partial charge in [0.05, 0.1) is 12.8 Å². The van der Waals surface area contributed by atoms with Gasteiger partial charge in [-0.3, -0.25) is 19.2 Å². The number of carbonyl (C=O) groups excluding carboxylic acids is 6. The molecule has 0 aromatic heterocycles. The molecule has 1 saturated heterocycles. The molecule has 0 saturated carbocycles. The highest BCUT2D eigenvalue weighted by Crippen LogP contribution is 2.34. The zero-order chi connectivity index (χ0) is 33.4. The lowest BCUT2D eigenvalue weighted by Crippen LogP contribution is -2.64. The number of alkyl halides is 1. The van der Waals surface area contributed by atoms with Gasteiger partial charge in [-0.2, -0.15) is 0 Å². The highest BCUT2D eigenvalue weighted by molar-refractivity contribution is 6.17. The molecule has 0 bridgehead atoms. The minimum Gasteiger partial charge on any atom is -0.467 e. The third-order valence-corrected chi connectivity index (χ3v) is 5.97. The van der Waals surface area contributed by atoms with Crippen LogP contribution in [-0.4, -0.2) is 85.3 Å². The molecule has 1 fully saturated rings. The topological polar surface area (TPSA) is 191 Å². The normalized spacial score (nSPS) is 22.0. The van der Waals surface area contributed by atoms with Crippen molar-refractivity contribution in [3.05, 3.63) is 23.8 Å². The largest absolute Gasteiger partial charge is 0.467 e. The maximum absolute atomic E-state index is 13.0. The lowest BCUT2D eigenvalue weighted by molar-refractivity contribution is -0.282. The Bertz CT molecular complexity index is 1250. The molecule has 0 unspecified atom stereocenters. The van der Waals surface area contributed by atoms with Crippen LogP contribution in [0, 0.1) is 0 Å². The molecule has 2 amide bonds. The molecule has 6 atom stereocenters. The van der Waals surface area contributed by atoms with Gasteiger partial charge >= 0.3 is 30.0 Å². The van der Waals surface area contributed by atoms with E-state index in [4.69, 9.17) is 44.8 Å². The van der Waals surface area contributed by atoms with E-state index in [0.29, 0.717) is 5.56 Å². The summed E-state index contributed by atoms with van der Waals surface area (Å²) in [5, 5.41) is 5.03. The number of halogens is 1. The van der Waals surface area contributed by atoms with E-state index >= 15 is 0 Å². The van der Waals surface area contributed by atoms with Crippen molar-refractivity contribution in [3.63, 3.8) is 0 Å². The molecule has 2 rings (SSSR count). The van der Waals surface area contributed by atoms with E-state index in [1.165, 1.54) is 19.1 Å². The molecule has 1 aliphatic rings. The number of amides is 2. The Labute approximate surface area is 259 Å². The lowest BCUT2D eigenvalue weighted by Gasteiger charge is -2.43. The molecule has 244 valence electrons. The highest BCUT2D eigenvalue weighted by atomic mass is 35.5. The standard InChI is InChI=1S/C28H37ClN2O13/c1-13(30-27(37)44-28(5,6)7)24(35)31-18-10-9-17(12-29)11-19(18)42-26-23(41-16(4)34)21(40-15(3)33)20(39-14(2)32)22(43-26)25(36)38-8/h9-11,13,20-23,26H,12H2,1-8H3,(H,30,37)(H,31,35)/t13-,20-,21-,22-,23+,26+/m0/s1. The molecule has 44 heavy (non-hydrogen) atoms. The Balaban J connectivity index is 2.50. The maximum atomic E-state index is 13.0. The molecule has 1 aromatic carbocycles. The van der Waals surface area contributed by atoms with Crippen molar-refractivity contribution < 1.29 is 61.9 Å². The van der Waals surface area contributed by atoms with Crippen molar-refractivity contribution >= 4 is 53.2 Å². The van der Waals surface area contributed by atoms with Gasteiger partial charge in [0.25, 0.3) is 0 Å². The first kappa shape index (κ1) is 36.1. The number of hydrogen-bond donors (Lipinski definition) is 2. The van der Waals surface area contributed by atoms with Crippen molar-refractivity contribution in [1.82, 2.24) is 5.32 Å². The van der Waals surface area contributed by atoms with Gasteiger partial charge in [-0.15, -0.1) is 11.6 Å². The summed E-state index contributed by atoms with van der Waals surface area (Å²) < 4.78 is 37.8. The van der Waals surface area contributed by atoms with Crippen LogP contribution in [0.4, 0.5) is 10.5 Å². The number of methoxy groups -OCH3 is 1. The van der Waals surface area contributed by atoms with E-state index in [-0.39, 0.29) is 17.3 Å². The van der Waals surface area contributed by atoms with E-state index in [1.807, 2.05) is 0 Å². The van der Waals surface area contributed by atoms with Crippen LogP contribution in [0.2, 0.25) is 0 Å². The Kier molecular flexibility index (Phi) is 12.8. The molecule has 0 radical (unpaired) electrons. The van der Waals surface area contributed by atoms with Crippen molar-refractivity contribution in [2.75, 3.05) is 12.4 Å². The summed E-state index contributed by atoms with van der Waals surface area (Å²) in [6.07, 6.45) is -8.97. The van der Waals surface area contributed by atoms with Gasteiger partial charge in [0.2, 0.25) is 18.3 Å². The fraction of sp³-hybridized carbons (Fsp3) is 0.571. The Hall–Kier alpha value is -4.11. The van der Waals surface area contributed by atoms with Crippen molar-refractivity contribution in [2.24, 2.45) is 0 Å². The van der Waals surface area contributed by atoms with E-state index in [2.05, 4.69) is 10.6 Å². The highest BCUT2D eigenvalue weighted by Gasteiger charge is 2.56. The van der Waals surface area contributed by atoms with Gasteiger partial charge in [-0.1, -0.05) is 6.07 Å². The van der Waals surface area contributed by atoms with Crippen LogP contribution in [0.15, 0.2) is 18.2 Å². The smallest absolute Gasteiger partial charge is 0.408 e. The second kappa shape index (κ2) is 15.6. The average Bonchev–Trinajstić information content (AvgIpc) is 2.90. The zero-order valence-electron chi connectivity index (χ0n) is 25.6. The molecule has 16 heteroatoms. The van der Waals surface area contributed by atoms with Crippen LogP contribution in [0.25, 0.3) is 0 Å². The maximum Gasteiger partial charge on any atom is 0.408 e. The number of esters is 4. The van der Waals surface area contributed by atoms with Crippen molar-refractivity contribution in [2.45, 2.75) is 96.7 Å².